The third-order valence-corrected chi connectivity index (χ3v) is 3.53. The van der Waals surface area contributed by atoms with E-state index < -0.39 is 0 Å². The predicted molar refractivity (Wildman–Crippen MR) is 80.0 cm³/mol. The number of allylic oxidation sites excluding steroid dienone is 4. The van der Waals surface area contributed by atoms with Gasteiger partial charge in [0, 0.05) is 17.8 Å². The number of aryl methyl sites for hydroxylation is 1. The number of hydrogen-bond donors (Lipinski definition) is 0. The van der Waals surface area contributed by atoms with E-state index in [1.54, 1.807) is 0 Å². The first-order chi connectivity index (χ1) is 9.33. The lowest BCUT2D eigenvalue weighted by atomic mass is 9.94. The fraction of sp³-hybridized carbons (Fsp3) is 0.167. The van der Waals surface area contributed by atoms with Crippen LogP contribution in [-0.4, -0.2) is 4.98 Å². The number of benzene rings is 1. The molecule has 1 heteroatoms. The largest absolute Gasteiger partial charge is 0.261 e. The van der Waals surface area contributed by atoms with Gasteiger partial charge in [0.2, 0.25) is 0 Å². The van der Waals surface area contributed by atoms with Gasteiger partial charge in [0.1, 0.15) is 0 Å². The Morgan fingerprint density at radius 3 is 2.58 bits per heavy atom. The average Bonchev–Trinajstić information content (AvgIpc) is 2.49. The lowest BCUT2D eigenvalue weighted by Crippen LogP contribution is -1.99. The zero-order valence-corrected chi connectivity index (χ0v) is 11.1. The Kier molecular flexibility index (Phi) is 3.28. The third-order valence-electron chi connectivity index (χ3n) is 3.53. The van der Waals surface area contributed by atoms with Gasteiger partial charge in [-0.1, -0.05) is 54.1 Å². The molecule has 0 amide bonds. The summed E-state index contributed by atoms with van der Waals surface area (Å²) in [6, 6.07) is 12.9. The normalized spacial score (nSPS) is 17.6. The van der Waals surface area contributed by atoms with Crippen molar-refractivity contribution in [2.75, 3.05) is 0 Å². The standard InChI is InChI=1S/C18H17N/c1-14-7-9-15(10-8-14)17-11-12-19-18(13-17)16-5-3-2-4-6-16/h2-5,7-13,16H,6H2,1H3. The fourth-order valence-corrected chi connectivity index (χ4v) is 2.38. The minimum Gasteiger partial charge on any atom is -0.261 e. The molecule has 0 spiro atoms. The topological polar surface area (TPSA) is 12.9 Å². The molecule has 1 atom stereocenters. The lowest BCUT2D eigenvalue weighted by molar-refractivity contribution is 0.816. The summed E-state index contributed by atoms with van der Waals surface area (Å²) in [5, 5.41) is 0. The van der Waals surface area contributed by atoms with Gasteiger partial charge in [-0.25, -0.2) is 0 Å². The van der Waals surface area contributed by atoms with Crippen molar-refractivity contribution in [3.05, 3.63) is 78.2 Å². The van der Waals surface area contributed by atoms with Crippen molar-refractivity contribution in [2.24, 2.45) is 0 Å². The molecule has 0 radical (unpaired) electrons. The number of hydrogen-bond acceptors (Lipinski definition) is 1. The summed E-state index contributed by atoms with van der Waals surface area (Å²) in [6.45, 7) is 2.11. The number of rotatable bonds is 2. The molecule has 1 nitrogen and oxygen atoms in total. The second-order valence-corrected chi connectivity index (χ2v) is 4.99. The van der Waals surface area contributed by atoms with Crippen LogP contribution in [0.5, 0.6) is 0 Å². The maximum atomic E-state index is 4.52. The smallest absolute Gasteiger partial charge is 0.0481 e. The summed E-state index contributed by atoms with van der Waals surface area (Å²) in [7, 11) is 0. The monoisotopic (exact) mass is 247 g/mol. The Hall–Kier alpha value is -2.15. The highest BCUT2D eigenvalue weighted by molar-refractivity contribution is 5.64. The Balaban J connectivity index is 1.93. The van der Waals surface area contributed by atoms with Crippen molar-refractivity contribution in [3.63, 3.8) is 0 Å². The fourth-order valence-electron chi connectivity index (χ4n) is 2.38. The molecule has 1 aliphatic carbocycles. The second kappa shape index (κ2) is 5.23. The van der Waals surface area contributed by atoms with Crippen molar-refractivity contribution in [3.8, 4) is 11.1 Å². The van der Waals surface area contributed by atoms with E-state index in [-0.39, 0.29) is 0 Å². The minimum absolute atomic E-state index is 0.412. The van der Waals surface area contributed by atoms with Gasteiger partial charge in [-0.05, 0) is 36.6 Å². The molecule has 0 fully saturated rings. The van der Waals surface area contributed by atoms with Crippen LogP contribution in [0.15, 0.2) is 66.9 Å². The third kappa shape index (κ3) is 2.65. The van der Waals surface area contributed by atoms with E-state index in [0.29, 0.717) is 5.92 Å². The van der Waals surface area contributed by atoms with Gasteiger partial charge in [-0.2, -0.15) is 0 Å². The Morgan fingerprint density at radius 2 is 1.84 bits per heavy atom. The average molecular weight is 247 g/mol. The van der Waals surface area contributed by atoms with Crippen LogP contribution < -0.4 is 0 Å². The van der Waals surface area contributed by atoms with Gasteiger partial charge in [-0.15, -0.1) is 0 Å². The van der Waals surface area contributed by atoms with Crippen molar-refractivity contribution >= 4 is 0 Å². The van der Waals surface area contributed by atoms with Crippen molar-refractivity contribution in [1.29, 1.82) is 0 Å². The molecule has 1 heterocycles. The zero-order chi connectivity index (χ0) is 13.1. The molecule has 94 valence electrons. The SMILES string of the molecule is Cc1ccc(-c2ccnc(C3C=CC=CC3)c2)cc1. The summed E-state index contributed by atoms with van der Waals surface area (Å²) in [6.07, 6.45) is 11.6. The molecule has 0 aliphatic heterocycles. The molecule has 3 rings (SSSR count). The van der Waals surface area contributed by atoms with Crippen LogP contribution in [0.1, 0.15) is 23.6 Å². The van der Waals surface area contributed by atoms with Crippen LogP contribution >= 0.6 is 0 Å². The van der Waals surface area contributed by atoms with E-state index >= 15 is 0 Å². The van der Waals surface area contributed by atoms with Crippen LogP contribution in [0.2, 0.25) is 0 Å². The lowest BCUT2D eigenvalue weighted by Gasteiger charge is -2.13. The Labute approximate surface area is 114 Å². The number of pyridine rings is 1. The van der Waals surface area contributed by atoms with Crippen LogP contribution in [0.25, 0.3) is 11.1 Å². The highest BCUT2D eigenvalue weighted by Gasteiger charge is 2.10. The maximum absolute atomic E-state index is 4.52. The van der Waals surface area contributed by atoms with Crippen LogP contribution in [0.4, 0.5) is 0 Å². The number of aromatic nitrogens is 1. The molecular weight excluding hydrogens is 230 g/mol. The van der Waals surface area contributed by atoms with E-state index in [1.165, 1.54) is 16.7 Å². The van der Waals surface area contributed by atoms with Gasteiger partial charge >= 0.3 is 0 Å². The summed E-state index contributed by atoms with van der Waals surface area (Å²) in [5.74, 6) is 0.412. The summed E-state index contributed by atoms with van der Waals surface area (Å²) >= 11 is 0. The van der Waals surface area contributed by atoms with E-state index in [9.17, 15) is 0 Å². The van der Waals surface area contributed by atoms with E-state index in [2.05, 4.69) is 72.6 Å². The van der Waals surface area contributed by atoms with Gasteiger partial charge in [0.25, 0.3) is 0 Å². The van der Waals surface area contributed by atoms with Crippen LogP contribution in [0, 0.1) is 6.92 Å². The first kappa shape index (κ1) is 11.9. The second-order valence-electron chi connectivity index (χ2n) is 4.99. The first-order valence-corrected chi connectivity index (χ1v) is 6.69. The molecule has 0 bridgehead atoms. The molecule has 1 unspecified atom stereocenters. The van der Waals surface area contributed by atoms with E-state index in [0.717, 1.165) is 12.1 Å². The summed E-state index contributed by atoms with van der Waals surface area (Å²) in [5.41, 5.74) is 4.94. The molecule has 19 heavy (non-hydrogen) atoms. The molecule has 1 aliphatic rings. The molecule has 2 aromatic rings. The van der Waals surface area contributed by atoms with Crippen molar-refractivity contribution in [2.45, 2.75) is 19.3 Å². The van der Waals surface area contributed by atoms with Crippen LogP contribution in [-0.2, 0) is 0 Å². The van der Waals surface area contributed by atoms with E-state index in [4.69, 9.17) is 0 Å². The highest BCUT2D eigenvalue weighted by Crippen LogP contribution is 2.27. The van der Waals surface area contributed by atoms with E-state index in [1.807, 2.05) is 6.20 Å². The Morgan fingerprint density at radius 1 is 1.00 bits per heavy atom. The summed E-state index contributed by atoms with van der Waals surface area (Å²) in [4.78, 5) is 4.52. The maximum Gasteiger partial charge on any atom is 0.0481 e. The molecule has 1 aromatic heterocycles. The predicted octanol–water partition coefficient (Wildman–Crippen LogP) is 4.66. The summed E-state index contributed by atoms with van der Waals surface area (Å²) < 4.78 is 0. The van der Waals surface area contributed by atoms with Gasteiger partial charge in [0.15, 0.2) is 0 Å². The quantitative estimate of drug-likeness (QED) is 0.752. The minimum atomic E-state index is 0.412. The highest BCUT2D eigenvalue weighted by atomic mass is 14.7. The molecule has 0 N–H and O–H groups in total. The van der Waals surface area contributed by atoms with Gasteiger partial charge in [0.05, 0.1) is 0 Å². The van der Waals surface area contributed by atoms with Gasteiger partial charge < -0.3 is 0 Å². The van der Waals surface area contributed by atoms with Crippen molar-refractivity contribution < 1.29 is 0 Å². The molecule has 0 saturated carbocycles. The Bertz CT molecular complexity index is 620. The molecule has 1 aromatic carbocycles. The zero-order valence-electron chi connectivity index (χ0n) is 11.1. The first-order valence-electron chi connectivity index (χ1n) is 6.69. The number of nitrogens with zero attached hydrogens (tertiary/aromatic N) is 1. The molecular formula is C18H17N. The molecule has 0 saturated heterocycles. The van der Waals surface area contributed by atoms with Crippen LogP contribution in [0.3, 0.4) is 0 Å². The van der Waals surface area contributed by atoms with Crippen molar-refractivity contribution in [1.82, 2.24) is 4.98 Å². The van der Waals surface area contributed by atoms with Gasteiger partial charge in [-0.3, -0.25) is 4.98 Å².